The SMILES string of the molecule is CN1CCN(NC(=O)C2CCCN2C(=O)C(F)(F)F)CC1. The Balaban J connectivity index is 1.93. The van der Waals surface area contributed by atoms with Gasteiger partial charge in [-0.1, -0.05) is 0 Å². The zero-order valence-electron chi connectivity index (χ0n) is 11.8. The molecule has 2 fully saturated rings. The van der Waals surface area contributed by atoms with Gasteiger partial charge in [-0.25, -0.2) is 5.01 Å². The smallest absolute Gasteiger partial charge is 0.323 e. The molecule has 2 amide bonds. The molecule has 2 rings (SSSR count). The van der Waals surface area contributed by atoms with Gasteiger partial charge in [-0.2, -0.15) is 13.2 Å². The van der Waals surface area contributed by atoms with Crippen LogP contribution < -0.4 is 5.43 Å². The number of likely N-dealkylation sites (tertiary alicyclic amines) is 1. The van der Waals surface area contributed by atoms with Crippen molar-refractivity contribution in [1.82, 2.24) is 20.2 Å². The molecule has 0 aromatic carbocycles. The molecule has 2 aliphatic rings. The van der Waals surface area contributed by atoms with Gasteiger partial charge < -0.3 is 9.80 Å². The zero-order chi connectivity index (χ0) is 15.6. The average Bonchev–Trinajstić information content (AvgIpc) is 2.88. The number of hydrogen-bond donors (Lipinski definition) is 1. The Morgan fingerprint density at radius 2 is 1.71 bits per heavy atom. The topological polar surface area (TPSA) is 55.9 Å². The molecule has 0 spiro atoms. The number of hydrazine groups is 1. The lowest BCUT2D eigenvalue weighted by molar-refractivity contribution is -0.187. The van der Waals surface area contributed by atoms with Gasteiger partial charge in [0.1, 0.15) is 6.04 Å². The Kier molecular flexibility index (Phi) is 4.72. The summed E-state index contributed by atoms with van der Waals surface area (Å²) in [6, 6.07) is -1.03. The average molecular weight is 308 g/mol. The van der Waals surface area contributed by atoms with Crippen LogP contribution in [0.4, 0.5) is 13.2 Å². The summed E-state index contributed by atoms with van der Waals surface area (Å²) in [5, 5.41) is 1.69. The molecule has 1 unspecified atom stereocenters. The summed E-state index contributed by atoms with van der Waals surface area (Å²) in [7, 11) is 1.96. The molecule has 0 saturated carbocycles. The van der Waals surface area contributed by atoms with Gasteiger partial charge in [0, 0.05) is 32.7 Å². The Morgan fingerprint density at radius 3 is 2.29 bits per heavy atom. The number of halogens is 3. The first kappa shape index (κ1) is 16.0. The van der Waals surface area contributed by atoms with Crippen LogP contribution in [0.25, 0.3) is 0 Å². The lowest BCUT2D eigenvalue weighted by Crippen LogP contribution is -2.57. The van der Waals surface area contributed by atoms with Gasteiger partial charge in [0.05, 0.1) is 0 Å². The van der Waals surface area contributed by atoms with E-state index in [4.69, 9.17) is 0 Å². The number of alkyl halides is 3. The highest BCUT2D eigenvalue weighted by molar-refractivity contribution is 5.90. The van der Waals surface area contributed by atoms with Gasteiger partial charge in [-0.3, -0.25) is 15.0 Å². The first-order valence-electron chi connectivity index (χ1n) is 6.91. The van der Waals surface area contributed by atoms with Crippen molar-refractivity contribution in [3.8, 4) is 0 Å². The van der Waals surface area contributed by atoms with Crippen LogP contribution in [0.5, 0.6) is 0 Å². The molecule has 9 heteroatoms. The fourth-order valence-corrected chi connectivity index (χ4v) is 2.59. The van der Waals surface area contributed by atoms with Gasteiger partial charge >= 0.3 is 12.1 Å². The predicted octanol–water partition coefficient (Wildman–Crippen LogP) is -0.182. The maximum absolute atomic E-state index is 12.5. The molecule has 0 aromatic heterocycles. The molecule has 1 N–H and O–H groups in total. The molecule has 2 saturated heterocycles. The van der Waals surface area contributed by atoms with Crippen LogP contribution in [0, 0.1) is 0 Å². The molecule has 0 radical (unpaired) electrons. The van der Waals surface area contributed by atoms with Crippen molar-refractivity contribution >= 4 is 11.8 Å². The molecule has 1 atom stereocenters. The van der Waals surface area contributed by atoms with Crippen LogP contribution in [0.2, 0.25) is 0 Å². The first-order chi connectivity index (χ1) is 9.79. The predicted molar refractivity (Wildman–Crippen MR) is 68.0 cm³/mol. The fraction of sp³-hybridized carbons (Fsp3) is 0.833. The second-order valence-electron chi connectivity index (χ2n) is 5.42. The molecule has 0 aromatic rings. The molecule has 0 aliphatic carbocycles. The Morgan fingerprint density at radius 1 is 1.10 bits per heavy atom. The maximum Gasteiger partial charge on any atom is 0.471 e. The third-order valence-electron chi connectivity index (χ3n) is 3.83. The van der Waals surface area contributed by atoms with E-state index in [2.05, 4.69) is 10.3 Å². The quantitative estimate of drug-likeness (QED) is 0.769. The number of nitrogens with zero attached hydrogens (tertiary/aromatic N) is 3. The summed E-state index contributed by atoms with van der Waals surface area (Å²) in [5.74, 6) is -2.46. The summed E-state index contributed by atoms with van der Waals surface area (Å²) in [6.45, 7) is 2.75. The molecular weight excluding hydrogens is 289 g/mol. The standard InChI is InChI=1S/C12H19F3N4O2/c1-17-5-7-18(8-6-17)16-10(20)9-3-2-4-19(9)11(21)12(13,14)15/h9H,2-8H2,1H3,(H,16,20). The molecule has 0 bridgehead atoms. The highest BCUT2D eigenvalue weighted by Gasteiger charge is 2.47. The van der Waals surface area contributed by atoms with Crippen LogP contribution in [-0.4, -0.2) is 78.6 Å². The minimum Gasteiger partial charge on any atom is -0.323 e. The van der Waals surface area contributed by atoms with E-state index in [0.717, 1.165) is 13.1 Å². The summed E-state index contributed by atoms with van der Waals surface area (Å²) in [4.78, 5) is 26.2. The summed E-state index contributed by atoms with van der Waals surface area (Å²) >= 11 is 0. The summed E-state index contributed by atoms with van der Waals surface area (Å²) in [5.41, 5.74) is 2.62. The highest BCUT2D eigenvalue weighted by atomic mass is 19.4. The van der Waals surface area contributed by atoms with Crippen molar-refractivity contribution in [2.24, 2.45) is 0 Å². The van der Waals surface area contributed by atoms with E-state index in [1.54, 1.807) is 5.01 Å². The summed E-state index contributed by atoms with van der Waals surface area (Å²) in [6.07, 6.45) is -4.26. The number of hydrogen-bond acceptors (Lipinski definition) is 4. The third kappa shape index (κ3) is 3.85. The lowest BCUT2D eigenvalue weighted by Gasteiger charge is -2.34. The van der Waals surface area contributed by atoms with Crippen molar-refractivity contribution < 1.29 is 22.8 Å². The van der Waals surface area contributed by atoms with E-state index in [0.29, 0.717) is 24.4 Å². The van der Waals surface area contributed by atoms with Gasteiger partial charge in [0.2, 0.25) is 0 Å². The van der Waals surface area contributed by atoms with Crippen LogP contribution in [-0.2, 0) is 9.59 Å². The van der Waals surface area contributed by atoms with Crippen LogP contribution in [0.1, 0.15) is 12.8 Å². The minimum atomic E-state index is -4.93. The molecule has 2 heterocycles. The van der Waals surface area contributed by atoms with Gasteiger partial charge in [-0.05, 0) is 19.9 Å². The zero-order valence-corrected chi connectivity index (χ0v) is 11.8. The van der Waals surface area contributed by atoms with Crippen molar-refractivity contribution in [2.75, 3.05) is 39.8 Å². The number of carbonyl (C=O) groups is 2. The Bertz CT molecular complexity index is 408. The number of amides is 2. The van der Waals surface area contributed by atoms with Gasteiger partial charge in [0.15, 0.2) is 0 Å². The van der Waals surface area contributed by atoms with E-state index in [1.165, 1.54) is 0 Å². The van der Waals surface area contributed by atoms with Crippen LogP contribution >= 0.6 is 0 Å². The molecule has 120 valence electrons. The number of nitrogens with one attached hydrogen (secondary N) is 1. The minimum absolute atomic E-state index is 0.0286. The number of carbonyl (C=O) groups excluding carboxylic acids is 2. The highest BCUT2D eigenvalue weighted by Crippen LogP contribution is 2.25. The molecular formula is C12H19F3N4O2. The molecule has 21 heavy (non-hydrogen) atoms. The first-order valence-corrected chi connectivity index (χ1v) is 6.91. The van der Waals surface area contributed by atoms with Crippen LogP contribution in [0.3, 0.4) is 0 Å². The third-order valence-corrected chi connectivity index (χ3v) is 3.83. The largest absolute Gasteiger partial charge is 0.471 e. The second-order valence-corrected chi connectivity index (χ2v) is 5.42. The normalized spacial score (nSPS) is 25.1. The Labute approximate surface area is 120 Å². The lowest BCUT2D eigenvalue weighted by atomic mass is 10.2. The van der Waals surface area contributed by atoms with Crippen LogP contribution in [0.15, 0.2) is 0 Å². The van der Waals surface area contributed by atoms with Gasteiger partial charge in [-0.15, -0.1) is 0 Å². The molecule has 6 nitrogen and oxygen atoms in total. The van der Waals surface area contributed by atoms with Crippen molar-refractivity contribution in [3.05, 3.63) is 0 Å². The number of likely N-dealkylation sites (N-methyl/N-ethyl adjacent to an activating group) is 1. The maximum atomic E-state index is 12.5. The van der Waals surface area contributed by atoms with E-state index in [1.807, 2.05) is 7.05 Å². The second kappa shape index (κ2) is 6.18. The van der Waals surface area contributed by atoms with Gasteiger partial charge in [0.25, 0.3) is 5.91 Å². The Hall–Kier alpha value is -1.35. The van der Waals surface area contributed by atoms with Crippen molar-refractivity contribution in [3.63, 3.8) is 0 Å². The number of rotatable bonds is 2. The monoisotopic (exact) mass is 308 g/mol. The van der Waals surface area contributed by atoms with Crippen molar-refractivity contribution in [2.45, 2.75) is 25.1 Å². The number of piperazine rings is 1. The van der Waals surface area contributed by atoms with E-state index < -0.39 is 24.0 Å². The summed E-state index contributed by atoms with van der Waals surface area (Å²) < 4.78 is 37.5. The van der Waals surface area contributed by atoms with E-state index in [9.17, 15) is 22.8 Å². The van der Waals surface area contributed by atoms with E-state index in [-0.39, 0.29) is 13.0 Å². The van der Waals surface area contributed by atoms with Crippen molar-refractivity contribution in [1.29, 1.82) is 0 Å². The molecule has 2 aliphatic heterocycles. The fourth-order valence-electron chi connectivity index (χ4n) is 2.59. The van der Waals surface area contributed by atoms with E-state index >= 15 is 0 Å².